The molecule has 0 bridgehead atoms. The van der Waals surface area contributed by atoms with E-state index < -0.39 is 0 Å². The SMILES string of the molecule is COc1ccc(CC2CCCN2Cc2cc(=O)n3ccccc3n2)cc1. The number of hydrogen-bond acceptors (Lipinski definition) is 4. The molecule has 5 nitrogen and oxygen atoms in total. The molecule has 1 aliphatic rings. The molecular formula is C21H23N3O2. The van der Waals surface area contributed by atoms with Gasteiger partial charge >= 0.3 is 0 Å². The highest BCUT2D eigenvalue weighted by molar-refractivity contribution is 5.38. The molecule has 0 aliphatic carbocycles. The Bertz CT molecular complexity index is 949. The van der Waals surface area contributed by atoms with Crippen molar-refractivity contribution in [3.63, 3.8) is 0 Å². The maximum atomic E-state index is 12.3. The monoisotopic (exact) mass is 349 g/mol. The third-order valence-electron chi connectivity index (χ3n) is 5.12. The zero-order valence-electron chi connectivity index (χ0n) is 15.0. The molecule has 3 heterocycles. The van der Waals surface area contributed by atoms with Crippen LogP contribution in [0.5, 0.6) is 5.75 Å². The predicted octanol–water partition coefficient (Wildman–Crippen LogP) is 2.91. The van der Waals surface area contributed by atoms with Crippen LogP contribution in [0.2, 0.25) is 0 Å². The number of nitrogens with zero attached hydrogens (tertiary/aromatic N) is 3. The van der Waals surface area contributed by atoms with Crippen LogP contribution in [0.25, 0.3) is 5.65 Å². The largest absolute Gasteiger partial charge is 0.497 e. The Kier molecular flexibility index (Phi) is 4.71. The lowest BCUT2D eigenvalue weighted by Crippen LogP contribution is -2.31. The summed E-state index contributed by atoms with van der Waals surface area (Å²) in [6, 6.07) is 16.1. The molecule has 5 heteroatoms. The van der Waals surface area contributed by atoms with E-state index in [2.05, 4.69) is 22.0 Å². The Morgan fingerprint density at radius 3 is 2.85 bits per heavy atom. The fourth-order valence-electron chi connectivity index (χ4n) is 3.76. The lowest BCUT2D eigenvalue weighted by Gasteiger charge is -2.24. The Hall–Kier alpha value is -2.66. The maximum Gasteiger partial charge on any atom is 0.258 e. The van der Waals surface area contributed by atoms with E-state index in [0.29, 0.717) is 11.7 Å². The molecule has 1 saturated heterocycles. The van der Waals surface area contributed by atoms with Crippen molar-refractivity contribution in [1.82, 2.24) is 14.3 Å². The van der Waals surface area contributed by atoms with Crippen molar-refractivity contribution in [1.29, 1.82) is 0 Å². The summed E-state index contributed by atoms with van der Waals surface area (Å²) in [5, 5.41) is 0. The number of hydrogen-bond donors (Lipinski definition) is 0. The van der Waals surface area contributed by atoms with Gasteiger partial charge in [-0.3, -0.25) is 14.1 Å². The number of ether oxygens (including phenoxy) is 1. The number of benzene rings is 1. The Morgan fingerprint density at radius 2 is 2.04 bits per heavy atom. The predicted molar refractivity (Wildman–Crippen MR) is 102 cm³/mol. The van der Waals surface area contributed by atoms with Crippen molar-refractivity contribution in [2.45, 2.75) is 31.8 Å². The van der Waals surface area contributed by atoms with Gasteiger partial charge in [0.15, 0.2) is 0 Å². The number of fused-ring (bicyclic) bond motifs is 1. The first-order chi connectivity index (χ1) is 12.7. The summed E-state index contributed by atoms with van der Waals surface area (Å²) in [4.78, 5) is 19.4. The van der Waals surface area contributed by atoms with Crippen molar-refractivity contribution >= 4 is 5.65 Å². The number of rotatable bonds is 5. The van der Waals surface area contributed by atoms with Crippen LogP contribution in [0.15, 0.2) is 59.5 Å². The smallest absolute Gasteiger partial charge is 0.258 e. The molecule has 134 valence electrons. The number of methoxy groups -OCH3 is 1. The van der Waals surface area contributed by atoms with E-state index in [4.69, 9.17) is 4.74 Å². The van der Waals surface area contributed by atoms with Crippen molar-refractivity contribution in [3.05, 3.63) is 76.3 Å². The van der Waals surface area contributed by atoms with E-state index in [1.807, 2.05) is 30.3 Å². The Balaban J connectivity index is 1.50. The number of likely N-dealkylation sites (tertiary alicyclic amines) is 1. The summed E-state index contributed by atoms with van der Waals surface area (Å²) in [5.74, 6) is 0.887. The van der Waals surface area contributed by atoms with Crippen molar-refractivity contribution in [2.24, 2.45) is 0 Å². The van der Waals surface area contributed by atoms with E-state index in [1.165, 1.54) is 18.4 Å². The topological polar surface area (TPSA) is 46.8 Å². The quantitative estimate of drug-likeness (QED) is 0.711. The summed E-state index contributed by atoms with van der Waals surface area (Å²) in [6.45, 7) is 1.78. The minimum absolute atomic E-state index is 0.0171. The highest BCUT2D eigenvalue weighted by Crippen LogP contribution is 2.23. The fourth-order valence-corrected chi connectivity index (χ4v) is 3.76. The van der Waals surface area contributed by atoms with Gasteiger partial charge < -0.3 is 4.74 Å². The van der Waals surface area contributed by atoms with Crippen LogP contribution in [-0.2, 0) is 13.0 Å². The molecule has 26 heavy (non-hydrogen) atoms. The van der Waals surface area contributed by atoms with Crippen molar-refractivity contribution in [3.8, 4) is 5.75 Å². The van der Waals surface area contributed by atoms with E-state index in [0.717, 1.165) is 31.0 Å². The second-order valence-corrected chi connectivity index (χ2v) is 6.83. The third kappa shape index (κ3) is 3.48. The second kappa shape index (κ2) is 7.30. The molecule has 0 N–H and O–H groups in total. The maximum absolute atomic E-state index is 12.3. The standard InChI is InChI=1S/C21H23N3O2/c1-26-19-9-7-16(8-10-19)13-18-5-4-11-23(18)15-17-14-21(25)24-12-3-2-6-20(24)22-17/h2-3,6-10,12,14,18H,4-5,11,13,15H2,1H3. The highest BCUT2D eigenvalue weighted by Gasteiger charge is 2.25. The first-order valence-electron chi connectivity index (χ1n) is 9.07. The van der Waals surface area contributed by atoms with Crippen molar-refractivity contribution < 1.29 is 4.74 Å². The minimum atomic E-state index is -0.0171. The molecule has 0 saturated carbocycles. The molecule has 1 aromatic carbocycles. The van der Waals surface area contributed by atoms with Crippen LogP contribution in [0.4, 0.5) is 0 Å². The average molecular weight is 349 g/mol. The number of aromatic nitrogens is 2. The molecule has 4 rings (SSSR count). The third-order valence-corrected chi connectivity index (χ3v) is 5.12. The summed E-state index contributed by atoms with van der Waals surface area (Å²) >= 11 is 0. The van der Waals surface area contributed by atoms with Gasteiger partial charge in [-0.1, -0.05) is 18.2 Å². The normalized spacial score (nSPS) is 17.7. The van der Waals surface area contributed by atoms with E-state index >= 15 is 0 Å². The van der Waals surface area contributed by atoms with E-state index in [9.17, 15) is 4.79 Å². The summed E-state index contributed by atoms with van der Waals surface area (Å²) < 4.78 is 6.82. The lowest BCUT2D eigenvalue weighted by molar-refractivity contribution is 0.241. The van der Waals surface area contributed by atoms with Gasteiger partial charge in [0, 0.05) is 24.8 Å². The molecule has 1 aliphatic heterocycles. The zero-order valence-corrected chi connectivity index (χ0v) is 15.0. The molecule has 1 atom stereocenters. The summed E-state index contributed by atoms with van der Waals surface area (Å²) in [7, 11) is 1.69. The van der Waals surface area contributed by atoms with Gasteiger partial charge in [-0.15, -0.1) is 0 Å². The first kappa shape index (κ1) is 16.8. The number of pyridine rings is 1. The Morgan fingerprint density at radius 1 is 1.19 bits per heavy atom. The van der Waals surface area contributed by atoms with E-state index in [-0.39, 0.29) is 5.56 Å². The van der Waals surface area contributed by atoms with Gasteiger partial charge in [0.2, 0.25) is 0 Å². The second-order valence-electron chi connectivity index (χ2n) is 6.83. The van der Waals surface area contributed by atoms with Crippen LogP contribution in [0.1, 0.15) is 24.1 Å². The molecule has 1 unspecified atom stereocenters. The molecule has 0 amide bonds. The lowest BCUT2D eigenvalue weighted by atomic mass is 10.0. The van der Waals surface area contributed by atoms with Crippen LogP contribution >= 0.6 is 0 Å². The van der Waals surface area contributed by atoms with Gasteiger partial charge in [-0.25, -0.2) is 4.98 Å². The van der Waals surface area contributed by atoms with Crippen LogP contribution in [0, 0.1) is 0 Å². The molecular weight excluding hydrogens is 326 g/mol. The zero-order chi connectivity index (χ0) is 17.9. The average Bonchev–Trinajstić information content (AvgIpc) is 3.09. The van der Waals surface area contributed by atoms with E-state index in [1.54, 1.807) is 23.8 Å². The van der Waals surface area contributed by atoms with Gasteiger partial charge in [-0.05, 0) is 55.6 Å². The summed E-state index contributed by atoms with van der Waals surface area (Å²) in [6.07, 6.45) is 5.14. The molecule has 3 aromatic rings. The van der Waals surface area contributed by atoms with Gasteiger partial charge in [0.1, 0.15) is 11.4 Å². The molecule has 2 aromatic heterocycles. The first-order valence-corrected chi connectivity index (χ1v) is 9.07. The fraction of sp³-hybridized carbons (Fsp3) is 0.333. The Labute approximate surface area is 152 Å². The van der Waals surface area contributed by atoms with Crippen LogP contribution in [-0.4, -0.2) is 34.0 Å². The molecule has 0 spiro atoms. The summed E-state index contributed by atoms with van der Waals surface area (Å²) in [5.41, 5.74) is 2.86. The van der Waals surface area contributed by atoms with Gasteiger partial charge in [-0.2, -0.15) is 0 Å². The highest BCUT2D eigenvalue weighted by atomic mass is 16.5. The van der Waals surface area contributed by atoms with Gasteiger partial charge in [0.05, 0.1) is 12.8 Å². The van der Waals surface area contributed by atoms with Crippen molar-refractivity contribution in [2.75, 3.05) is 13.7 Å². The van der Waals surface area contributed by atoms with Crippen LogP contribution in [0.3, 0.4) is 0 Å². The van der Waals surface area contributed by atoms with Crippen LogP contribution < -0.4 is 10.3 Å². The van der Waals surface area contributed by atoms with Gasteiger partial charge in [0.25, 0.3) is 5.56 Å². The molecule has 1 fully saturated rings. The minimum Gasteiger partial charge on any atom is -0.497 e. The molecule has 0 radical (unpaired) electrons.